The quantitative estimate of drug-likeness (QED) is 0.408. The van der Waals surface area contributed by atoms with Crippen LogP contribution in [0, 0.1) is 28.1 Å². The van der Waals surface area contributed by atoms with Crippen LogP contribution in [0.2, 0.25) is 0 Å². The topological polar surface area (TPSA) is 129 Å². The smallest absolute Gasteiger partial charge is 0.342 e. The average molecular weight is 408 g/mol. The molecule has 0 amide bonds. The Bertz CT molecular complexity index is 893. The van der Waals surface area contributed by atoms with Crippen molar-refractivity contribution in [2.45, 2.75) is 76.3 Å². The maximum atomic E-state index is 13.3. The molecule has 0 aromatic rings. The molecule has 10 atom stereocenters. The van der Waals surface area contributed by atoms with E-state index in [9.17, 15) is 24.6 Å². The molecule has 0 bridgehead atoms. The number of hydrogen-bond donors (Lipinski definition) is 2. The molecule has 29 heavy (non-hydrogen) atoms. The summed E-state index contributed by atoms with van der Waals surface area (Å²) in [6, 6.07) is 0. The number of fused-ring (bicyclic) bond motifs is 1. The molecule has 158 valence electrons. The molecule has 0 radical (unpaired) electrons. The van der Waals surface area contributed by atoms with E-state index in [0.29, 0.717) is 6.42 Å². The van der Waals surface area contributed by atoms with E-state index < -0.39 is 70.5 Å². The number of hydrogen-bond acceptors (Lipinski definition) is 9. The Morgan fingerprint density at radius 2 is 1.72 bits per heavy atom. The van der Waals surface area contributed by atoms with Crippen LogP contribution in [0.1, 0.15) is 40.5 Å². The van der Waals surface area contributed by atoms with Crippen LogP contribution in [0.4, 0.5) is 0 Å². The molecule has 0 aromatic heterocycles. The molecule has 4 saturated heterocycles. The maximum absolute atomic E-state index is 13.3. The van der Waals surface area contributed by atoms with Gasteiger partial charge < -0.3 is 29.2 Å². The van der Waals surface area contributed by atoms with Gasteiger partial charge in [-0.3, -0.25) is 4.79 Å². The minimum absolute atomic E-state index is 0.0623. The fourth-order valence-corrected chi connectivity index (χ4v) is 8.06. The number of aliphatic hydroxyl groups is 2. The summed E-state index contributed by atoms with van der Waals surface area (Å²) in [6.45, 7) is 7.47. The lowest BCUT2D eigenvalue weighted by Crippen LogP contribution is -2.66. The molecule has 6 rings (SSSR count). The Morgan fingerprint density at radius 1 is 1.03 bits per heavy atom. The van der Waals surface area contributed by atoms with Crippen LogP contribution in [0.15, 0.2) is 0 Å². The first-order valence-electron chi connectivity index (χ1n) is 10.1. The zero-order valence-corrected chi connectivity index (χ0v) is 16.6. The standard InChI is InChI=1S/C20H24O9/c1-7-12(22)26-10-6-17-9-5-8(16(2,3)4)18(17)11(21)13(23)28-15(18)29-20(17,14(24)27-9)19(7,10)25/h7-11,15,21,25H,5-6H2,1-4H3/t7-,8+,9-,10+,11+,15-,17-,18+,19-,20-/m1/s1. The predicted octanol–water partition coefficient (Wildman–Crippen LogP) is -0.340. The third-order valence-corrected chi connectivity index (χ3v) is 8.97. The minimum atomic E-state index is -1.97. The Labute approximate surface area is 166 Å². The number of ether oxygens (including phenoxy) is 4. The first-order chi connectivity index (χ1) is 13.4. The molecule has 0 aromatic carbocycles. The summed E-state index contributed by atoms with van der Waals surface area (Å²) in [4.78, 5) is 38.1. The summed E-state index contributed by atoms with van der Waals surface area (Å²) < 4.78 is 22.9. The second-order valence-corrected chi connectivity index (χ2v) is 10.6. The summed E-state index contributed by atoms with van der Waals surface area (Å²) in [5.41, 5.74) is -6.81. The molecule has 2 N–H and O–H groups in total. The third kappa shape index (κ3) is 1.35. The van der Waals surface area contributed by atoms with E-state index in [0.717, 1.165) is 0 Å². The van der Waals surface area contributed by atoms with Crippen LogP contribution in [0.5, 0.6) is 0 Å². The summed E-state index contributed by atoms with van der Waals surface area (Å²) in [5.74, 6) is -3.52. The summed E-state index contributed by atoms with van der Waals surface area (Å²) in [7, 11) is 0. The monoisotopic (exact) mass is 408 g/mol. The van der Waals surface area contributed by atoms with Crippen molar-refractivity contribution in [1.29, 1.82) is 0 Å². The fraction of sp³-hybridized carbons (Fsp3) is 0.850. The second-order valence-electron chi connectivity index (χ2n) is 10.6. The van der Waals surface area contributed by atoms with Gasteiger partial charge in [0.25, 0.3) is 0 Å². The molecule has 2 aliphatic carbocycles. The van der Waals surface area contributed by atoms with Crippen molar-refractivity contribution in [3.05, 3.63) is 0 Å². The lowest BCUT2D eigenvalue weighted by Gasteiger charge is -2.46. The van der Waals surface area contributed by atoms with Crippen molar-refractivity contribution in [3.63, 3.8) is 0 Å². The Balaban J connectivity index is 1.68. The van der Waals surface area contributed by atoms with E-state index in [2.05, 4.69) is 0 Å². The van der Waals surface area contributed by atoms with E-state index in [4.69, 9.17) is 18.9 Å². The van der Waals surface area contributed by atoms with Gasteiger partial charge in [0.15, 0.2) is 11.7 Å². The van der Waals surface area contributed by atoms with Crippen molar-refractivity contribution in [2.24, 2.45) is 28.1 Å². The number of rotatable bonds is 0. The molecule has 6 fully saturated rings. The van der Waals surface area contributed by atoms with Gasteiger partial charge in [-0.1, -0.05) is 20.8 Å². The zero-order chi connectivity index (χ0) is 20.9. The highest BCUT2D eigenvalue weighted by molar-refractivity contribution is 5.93. The summed E-state index contributed by atoms with van der Waals surface area (Å²) in [5, 5.41) is 23.0. The minimum Gasteiger partial charge on any atom is -0.459 e. The number of esters is 3. The molecule has 4 aliphatic heterocycles. The number of aliphatic hydroxyl groups excluding tert-OH is 1. The SMILES string of the molecule is C[C@@H]1C(=O)O[C@H]2C[C@@]34[C@H]5C[C@@H](C(C)(C)C)[C@]36[C@H](OC(=O)[C@@H]6O)O[C@@]4(C(=O)O5)[C@]21O. The molecule has 6 aliphatic rings. The lowest BCUT2D eigenvalue weighted by molar-refractivity contribution is -0.238. The third-order valence-electron chi connectivity index (χ3n) is 8.97. The van der Waals surface area contributed by atoms with Gasteiger partial charge in [-0.25, -0.2) is 9.59 Å². The average Bonchev–Trinajstić information content (AvgIpc) is 3.31. The van der Waals surface area contributed by atoms with Gasteiger partial charge in [-0.05, 0) is 24.7 Å². The number of carbonyl (C=O) groups is 3. The molecule has 2 spiro atoms. The summed E-state index contributed by atoms with van der Waals surface area (Å²) in [6.07, 6.45) is -3.96. The van der Waals surface area contributed by atoms with Gasteiger partial charge in [-0.2, -0.15) is 0 Å². The van der Waals surface area contributed by atoms with Gasteiger partial charge in [0.2, 0.25) is 11.9 Å². The van der Waals surface area contributed by atoms with Gasteiger partial charge in [0, 0.05) is 6.42 Å². The number of carbonyl (C=O) groups excluding carboxylic acids is 3. The highest BCUT2D eigenvalue weighted by atomic mass is 16.8. The Hall–Kier alpha value is -1.71. The van der Waals surface area contributed by atoms with E-state index in [-0.39, 0.29) is 17.8 Å². The normalized spacial score (nSPS) is 59.2. The molecule has 4 heterocycles. The van der Waals surface area contributed by atoms with E-state index >= 15 is 0 Å². The molecule has 2 saturated carbocycles. The Kier molecular flexibility index (Phi) is 2.79. The zero-order valence-electron chi connectivity index (χ0n) is 16.6. The van der Waals surface area contributed by atoms with E-state index in [1.165, 1.54) is 6.92 Å². The van der Waals surface area contributed by atoms with Crippen LogP contribution < -0.4 is 0 Å². The summed E-state index contributed by atoms with van der Waals surface area (Å²) >= 11 is 0. The molecule has 0 unspecified atom stereocenters. The van der Waals surface area contributed by atoms with Gasteiger partial charge >= 0.3 is 17.9 Å². The van der Waals surface area contributed by atoms with Crippen molar-refractivity contribution in [3.8, 4) is 0 Å². The fourth-order valence-electron chi connectivity index (χ4n) is 8.06. The van der Waals surface area contributed by atoms with Crippen LogP contribution in [-0.4, -0.2) is 63.9 Å². The van der Waals surface area contributed by atoms with E-state index in [1.54, 1.807) is 0 Å². The highest BCUT2D eigenvalue weighted by Gasteiger charge is 3.01. The van der Waals surface area contributed by atoms with E-state index in [1.807, 2.05) is 20.8 Å². The molecular weight excluding hydrogens is 384 g/mol. The molecule has 9 heteroatoms. The first kappa shape index (κ1) is 18.1. The van der Waals surface area contributed by atoms with Crippen molar-refractivity contribution < 1.29 is 43.5 Å². The Morgan fingerprint density at radius 3 is 2.38 bits per heavy atom. The van der Waals surface area contributed by atoms with Gasteiger partial charge in [0.05, 0.1) is 16.7 Å². The lowest BCUT2D eigenvalue weighted by atomic mass is 9.51. The van der Waals surface area contributed by atoms with Gasteiger partial charge in [-0.15, -0.1) is 0 Å². The van der Waals surface area contributed by atoms with Crippen LogP contribution in [0.25, 0.3) is 0 Å². The van der Waals surface area contributed by atoms with Crippen molar-refractivity contribution >= 4 is 17.9 Å². The van der Waals surface area contributed by atoms with Crippen LogP contribution in [0.3, 0.4) is 0 Å². The maximum Gasteiger partial charge on any atom is 0.342 e. The first-order valence-corrected chi connectivity index (χ1v) is 10.1. The molecule has 9 nitrogen and oxygen atoms in total. The van der Waals surface area contributed by atoms with Crippen LogP contribution >= 0.6 is 0 Å². The predicted molar refractivity (Wildman–Crippen MR) is 90.6 cm³/mol. The second kappa shape index (κ2) is 4.48. The van der Waals surface area contributed by atoms with Crippen LogP contribution in [-0.2, 0) is 33.3 Å². The van der Waals surface area contributed by atoms with Crippen molar-refractivity contribution in [2.75, 3.05) is 0 Å². The van der Waals surface area contributed by atoms with Gasteiger partial charge in [0.1, 0.15) is 12.2 Å². The molecular formula is C20H24O9. The highest BCUT2D eigenvalue weighted by Crippen LogP contribution is 2.84. The van der Waals surface area contributed by atoms with Crippen molar-refractivity contribution in [1.82, 2.24) is 0 Å². The largest absolute Gasteiger partial charge is 0.459 e.